The van der Waals surface area contributed by atoms with Gasteiger partial charge < -0.3 is 15.4 Å². The minimum absolute atomic E-state index is 0.0340. The summed E-state index contributed by atoms with van der Waals surface area (Å²) in [5.41, 5.74) is 5.66. The van der Waals surface area contributed by atoms with Gasteiger partial charge in [-0.05, 0) is 31.4 Å². The second kappa shape index (κ2) is 8.51. The molecule has 2 N–H and O–H groups in total. The Bertz CT molecular complexity index is 879. The highest BCUT2D eigenvalue weighted by Crippen LogP contribution is 2.26. The van der Waals surface area contributed by atoms with Gasteiger partial charge in [0.05, 0.1) is 10.5 Å². The Hall–Kier alpha value is -3.42. The first-order chi connectivity index (χ1) is 13.5. The number of ether oxygens (including phenoxy) is 1. The number of nitrogens with two attached hydrogens (primary N) is 1. The number of hydrogen-bond acceptors (Lipinski definition) is 6. The van der Waals surface area contributed by atoms with Gasteiger partial charge in [-0.25, -0.2) is 4.79 Å². The van der Waals surface area contributed by atoms with E-state index in [1.807, 2.05) is 0 Å². The van der Waals surface area contributed by atoms with Crippen molar-refractivity contribution in [2.45, 2.75) is 25.4 Å². The van der Waals surface area contributed by atoms with E-state index in [4.69, 9.17) is 10.5 Å². The van der Waals surface area contributed by atoms with Crippen LogP contribution in [0, 0.1) is 10.1 Å². The van der Waals surface area contributed by atoms with E-state index in [1.165, 1.54) is 12.1 Å². The van der Waals surface area contributed by atoms with Crippen molar-refractivity contribution in [3.8, 4) is 0 Å². The van der Waals surface area contributed by atoms with Gasteiger partial charge in [-0.15, -0.1) is 0 Å². The zero-order chi connectivity index (χ0) is 20.1. The van der Waals surface area contributed by atoms with Gasteiger partial charge in [0, 0.05) is 24.7 Å². The number of carbonyl (C=O) groups is 2. The van der Waals surface area contributed by atoms with E-state index < -0.39 is 17.0 Å². The average molecular weight is 383 g/mol. The van der Waals surface area contributed by atoms with Crippen LogP contribution >= 0.6 is 0 Å². The third-order valence-corrected chi connectivity index (χ3v) is 4.68. The third-order valence-electron chi connectivity index (χ3n) is 4.68. The first-order valence-electron chi connectivity index (χ1n) is 9.06. The zero-order valence-corrected chi connectivity index (χ0v) is 15.2. The van der Waals surface area contributed by atoms with E-state index in [0.717, 1.165) is 25.3 Å². The normalized spacial score (nSPS) is 14.9. The van der Waals surface area contributed by atoms with Crippen molar-refractivity contribution >= 4 is 23.3 Å². The molecule has 1 heterocycles. The molecule has 3 rings (SSSR count). The third kappa shape index (κ3) is 4.28. The number of rotatable bonds is 5. The van der Waals surface area contributed by atoms with Crippen molar-refractivity contribution < 1.29 is 19.2 Å². The molecule has 0 saturated carbocycles. The first kappa shape index (κ1) is 19.3. The van der Waals surface area contributed by atoms with Crippen LogP contribution in [0.3, 0.4) is 0 Å². The molecule has 0 bridgehead atoms. The monoisotopic (exact) mass is 383 g/mol. The lowest BCUT2D eigenvalue weighted by molar-refractivity contribution is -0.383. The Morgan fingerprint density at radius 2 is 1.75 bits per heavy atom. The lowest BCUT2D eigenvalue weighted by Crippen LogP contribution is -2.40. The van der Waals surface area contributed by atoms with E-state index in [2.05, 4.69) is 0 Å². The molecule has 8 nitrogen and oxygen atoms in total. The Kier molecular flexibility index (Phi) is 5.88. The summed E-state index contributed by atoms with van der Waals surface area (Å²) in [7, 11) is 0. The minimum atomic E-state index is -1.11. The zero-order valence-electron chi connectivity index (χ0n) is 15.2. The Labute approximate surface area is 162 Å². The number of esters is 1. The molecule has 2 aromatic rings. The number of piperidine rings is 1. The molecule has 1 aliphatic heterocycles. The maximum atomic E-state index is 13.0. The Morgan fingerprint density at radius 1 is 1.07 bits per heavy atom. The molecule has 0 radical (unpaired) electrons. The van der Waals surface area contributed by atoms with Gasteiger partial charge in [0.15, 0.2) is 0 Å². The molecule has 1 amide bonds. The van der Waals surface area contributed by atoms with Crippen molar-refractivity contribution in [2.24, 2.45) is 0 Å². The number of nitro groups is 1. The van der Waals surface area contributed by atoms with E-state index in [0.29, 0.717) is 18.7 Å². The predicted molar refractivity (Wildman–Crippen MR) is 103 cm³/mol. The van der Waals surface area contributed by atoms with Crippen LogP contribution in [0.4, 0.5) is 11.4 Å². The fraction of sp³-hybridized carbons (Fsp3) is 0.300. The molecule has 0 aliphatic carbocycles. The predicted octanol–water partition coefficient (Wildman–Crippen LogP) is 3.09. The van der Waals surface area contributed by atoms with Crippen molar-refractivity contribution in [3.63, 3.8) is 0 Å². The Balaban J connectivity index is 1.87. The molecule has 1 saturated heterocycles. The highest BCUT2D eigenvalue weighted by Gasteiger charge is 2.31. The number of nitrogen functional groups attached to an aromatic ring is 1. The number of amides is 1. The molecular formula is C20H21N3O5. The lowest BCUT2D eigenvalue weighted by Gasteiger charge is -2.30. The van der Waals surface area contributed by atoms with Crippen molar-refractivity contribution in [1.82, 2.24) is 4.90 Å². The van der Waals surface area contributed by atoms with Crippen LogP contribution in [0.1, 0.15) is 41.3 Å². The number of carbonyl (C=O) groups excluding carboxylic acids is 2. The topological polar surface area (TPSA) is 116 Å². The Morgan fingerprint density at radius 3 is 2.39 bits per heavy atom. The van der Waals surface area contributed by atoms with Crippen LogP contribution < -0.4 is 5.73 Å². The van der Waals surface area contributed by atoms with Gasteiger partial charge in [-0.1, -0.05) is 30.3 Å². The van der Waals surface area contributed by atoms with Gasteiger partial charge in [0.25, 0.3) is 11.6 Å². The van der Waals surface area contributed by atoms with Crippen LogP contribution in [0.2, 0.25) is 0 Å². The second-order valence-electron chi connectivity index (χ2n) is 6.61. The van der Waals surface area contributed by atoms with Crippen LogP contribution in [0.25, 0.3) is 0 Å². The quantitative estimate of drug-likeness (QED) is 0.367. The summed E-state index contributed by atoms with van der Waals surface area (Å²) in [6.07, 6.45) is 1.77. The van der Waals surface area contributed by atoms with Crippen molar-refractivity contribution in [1.29, 1.82) is 0 Å². The second-order valence-corrected chi connectivity index (χ2v) is 6.61. The number of nitro benzene ring substituents is 1. The van der Waals surface area contributed by atoms with Gasteiger partial charge in [0.2, 0.25) is 6.10 Å². The number of benzene rings is 2. The molecule has 28 heavy (non-hydrogen) atoms. The van der Waals surface area contributed by atoms with Crippen molar-refractivity contribution in [2.75, 3.05) is 18.8 Å². The van der Waals surface area contributed by atoms with Crippen molar-refractivity contribution in [3.05, 3.63) is 69.8 Å². The molecule has 2 aromatic carbocycles. The molecule has 1 fully saturated rings. The van der Waals surface area contributed by atoms with E-state index in [-0.39, 0.29) is 22.8 Å². The van der Waals surface area contributed by atoms with E-state index in [1.54, 1.807) is 35.2 Å². The lowest BCUT2D eigenvalue weighted by atomic mass is 10.1. The van der Waals surface area contributed by atoms with Crippen LogP contribution in [0.5, 0.6) is 0 Å². The van der Waals surface area contributed by atoms with Gasteiger partial charge in [0.1, 0.15) is 5.69 Å². The smallest absolute Gasteiger partial charge is 0.339 e. The summed E-state index contributed by atoms with van der Waals surface area (Å²) in [5.74, 6) is -1.11. The molecule has 0 spiro atoms. The molecule has 1 atom stereocenters. The number of likely N-dealkylation sites (tertiary alicyclic amines) is 1. The minimum Gasteiger partial charge on any atom is -0.444 e. The summed E-state index contributed by atoms with van der Waals surface area (Å²) in [4.78, 5) is 37.8. The SMILES string of the molecule is Nc1ccc(C(=O)O[C@@H](C(=O)N2CCCCC2)c2ccccc2)cc1[N+](=O)[O-]. The van der Waals surface area contributed by atoms with Crippen LogP contribution in [-0.2, 0) is 9.53 Å². The van der Waals surface area contributed by atoms with Crippen LogP contribution in [0.15, 0.2) is 48.5 Å². The molecule has 0 aromatic heterocycles. The maximum Gasteiger partial charge on any atom is 0.339 e. The van der Waals surface area contributed by atoms with E-state index >= 15 is 0 Å². The summed E-state index contributed by atoms with van der Waals surface area (Å²) in [5, 5.41) is 11.1. The highest BCUT2D eigenvalue weighted by molar-refractivity contribution is 5.94. The number of nitrogens with zero attached hydrogens (tertiary/aromatic N) is 2. The number of anilines is 1. The molecular weight excluding hydrogens is 362 g/mol. The highest BCUT2D eigenvalue weighted by atomic mass is 16.6. The van der Waals surface area contributed by atoms with Crippen LogP contribution in [-0.4, -0.2) is 34.8 Å². The van der Waals surface area contributed by atoms with Gasteiger partial charge in [-0.2, -0.15) is 0 Å². The van der Waals surface area contributed by atoms with E-state index in [9.17, 15) is 19.7 Å². The molecule has 1 aliphatic rings. The van der Waals surface area contributed by atoms with Gasteiger partial charge in [-0.3, -0.25) is 14.9 Å². The number of hydrogen-bond donors (Lipinski definition) is 1. The standard InChI is InChI=1S/C20H21N3O5/c21-16-10-9-15(13-17(16)23(26)27)20(25)28-18(14-7-3-1-4-8-14)19(24)22-11-5-2-6-12-22/h1,3-4,7-10,13,18H,2,5-6,11-12,21H2/t18-/m1/s1. The fourth-order valence-electron chi connectivity index (χ4n) is 3.17. The summed E-state index contributed by atoms with van der Waals surface area (Å²) >= 11 is 0. The summed E-state index contributed by atoms with van der Waals surface area (Å²) in [6, 6.07) is 12.4. The summed E-state index contributed by atoms with van der Waals surface area (Å²) < 4.78 is 5.52. The summed E-state index contributed by atoms with van der Waals surface area (Å²) in [6.45, 7) is 1.24. The van der Waals surface area contributed by atoms with Gasteiger partial charge >= 0.3 is 5.97 Å². The fourth-order valence-corrected chi connectivity index (χ4v) is 3.17. The molecule has 146 valence electrons. The average Bonchev–Trinajstić information content (AvgIpc) is 2.72. The maximum absolute atomic E-state index is 13.0. The first-order valence-corrected chi connectivity index (χ1v) is 9.06. The molecule has 0 unspecified atom stereocenters. The molecule has 8 heteroatoms. The largest absolute Gasteiger partial charge is 0.444 e.